The number of aliphatic hydroxyl groups is 2. The second kappa shape index (κ2) is 23.1. The number of aryl methyl sites for hydroxylation is 1. The molecule has 15 atom stereocenters. The third-order valence-electron chi connectivity index (χ3n) is 21.0. The summed E-state index contributed by atoms with van der Waals surface area (Å²) in [5.74, 6) is 4.75. The number of nitrogens with one attached hydrogen (secondary N) is 1. The first-order chi connectivity index (χ1) is 39.1. The van der Waals surface area contributed by atoms with Crippen LogP contribution in [0, 0.1) is 53.3 Å². The molecule has 8 N–H and O–H groups in total. The SMILES string of the molecule is CC1CCc2cc3ccc2C1CC(S(=O)(=O)[O-])C1C=C2CC(CC4CC(CO)CC#Cc5cc(O)ccc5C2O4)C1c1ccc(cc1)C(N=C(N)N)(C1CCC2CCC(c4ccc5c(c4)CNCC5)CC2(O)C1Cc1ccccc1)O3.[Na+]. The number of ether oxygens (including phenoxy) is 2. The van der Waals surface area contributed by atoms with Crippen LogP contribution in [0.1, 0.15) is 157 Å². The van der Waals surface area contributed by atoms with Crippen LogP contribution in [-0.4, -0.2) is 64.4 Å². The predicted molar refractivity (Wildman–Crippen MR) is 312 cm³/mol. The largest absolute Gasteiger partial charge is 1.00 e. The third-order valence-corrected chi connectivity index (χ3v) is 22.2. The molecule has 6 aliphatic heterocycles. The molecule has 5 aromatic carbocycles. The van der Waals surface area contributed by atoms with Crippen molar-refractivity contribution in [3.63, 3.8) is 0 Å². The van der Waals surface area contributed by atoms with Crippen molar-refractivity contribution in [2.45, 2.75) is 150 Å². The average Bonchev–Trinajstić information content (AvgIpc) is 1.84. The van der Waals surface area contributed by atoms with E-state index in [9.17, 15) is 28.3 Å². The van der Waals surface area contributed by atoms with Crippen molar-refractivity contribution in [3.05, 3.63) is 176 Å². The predicted octanol–water partition coefficient (Wildman–Crippen LogP) is 7.04. The summed E-state index contributed by atoms with van der Waals surface area (Å²) in [4.78, 5) is 5.35. The zero-order valence-electron chi connectivity index (χ0n) is 47.4. The smallest absolute Gasteiger partial charge is 0.748 e. The summed E-state index contributed by atoms with van der Waals surface area (Å²) >= 11 is 0. The molecule has 0 spiro atoms. The van der Waals surface area contributed by atoms with Crippen molar-refractivity contribution in [1.29, 1.82) is 0 Å². The number of rotatable bonds is 7. The van der Waals surface area contributed by atoms with Gasteiger partial charge in [0.15, 0.2) is 5.96 Å². The molecule has 15 unspecified atom stereocenters. The third kappa shape index (κ3) is 10.8. The zero-order chi connectivity index (χ0) is 55.8. The number of nitrogens with zero attached hydrogens (tertiary/aromatic N) is 1. The van der Waals surface area contributed by atoms with Crippen LogP contribution < -0.4 is 51.1 Å². The van der Waals surface area contributed by atoms with Crippen LogP contribution in [0.4, 0.5) is 0 Å². The molecule has 82 heavy (non-hydrogen) atoms. The molecule has 2 saturated carbocycles. The minimum Gasteiger partial charge on any atom is -0.748 e. The number of phenols is 1. The average molecular weight is 1130 g/mol. The quantitative estimate of drug-likeness (QED) is 0.0243. The van der Waals surface area contributed by atoms with E-state index >= 15 is 0 Å². The van der Waals surface area contributed by atoms with Crippen LogP contribution in [-0.2, 0) is 46.4 Å². The van der Waals surface area contributed by atoms with E-state index in [1.807, 2.05) is 18.2 Å². The summed E-state index contributed by atoms with van der Waals surface area (Å²) in [6.07, 6.45) is 10.3. The zero-order valence-corrected chi connectivity index (χ0v) is 50.2. The second-order valence-corrected chi connectivity index (χ2v) is 27.1. The molecule has 12 nitrogen and oxygen atoms in total. The van der Waals surface area contributed by atoms with Gasteiger partial charge < -0.3 is 46.1 Å². The Labute approximate surface area is 506 Å². The molecule has 5 aromatic rings. The maximum absolute atomic E-state index is 14.4. The Balaban J connectivity index is 0.00000665. The van der Waals surface area contributed by atoms with E-state index in [2.05, 4.69) is 109 Å². The van der Waals surface area contributed by atoms with Crippen molar-refractivity contribution in [2.75, 3.05) is 13.2 Å². The summed E-state index contributed by atoms with van der Waals surface area (Å²) in [7, 11) is -4.95. The van der Waals surface area contributed by atoms with Crippen LogP contribution in [0.25, 0.3) is 0 Å². The molecule has 0 aromatic heterocycles. The number of hydrogen-bond donors (Lipinski definition) is 6. The molecule has 14 heteroatoms. The number of phenolic OH excluding ortho intramolecular Hbond substituents is 1. The molecule has 4 aliphatic carbocycles. The van der Waals surface area contributed by atoms with Gasteiger partial charge >= 0.3 is 29.6 Å². The van der Waals surface area contributed by atoms with Crippen molar-refractivity contribution in [3.8, 4) is 23.3 Å². The molecule has 3 fully saturated rings. The summed E-state index contributed by atoms with van der Waals surface area (Å²) in [6.45, 7) is 3.91. The summed E-state index contributed by atoms with van der Waals surface area (Å²) in [5.41, 5.74) is 21.8. The van der Waals surface area contributed by atoms with Gasteiger partial charge in [0.05, 0.1) is 27.1 Å². The van der Waals surface area contributed by atoms with Gasteiger partial charge in [-0.2, -0.15) is 0 Å². The Bertz CT molecular complexity index is 3430. The molecule has 6 heterocycles. The van der Waals surface area contributed by atoms with Crippen LogP contribution in [0.2, 0.25) is 0 Å². The number of allylic oxidation sites excluding steroid dienone is 1. The van der Waals surface area contributed by atoms with Gasteiger partial charge in [0.1, 0.15) is 17.6 Å². The first-order valence-electron chi connectivity index (χ1n) is 30.0. The summed E-state index contributed by atoms with van der Waals surface area (Å²) in [6, 6.07) is 37.0. The first kappa shape index (κ1) is 57.5. The van der Waals surface area contributed by atoms with Crippen LogP contribution in [0.3, 0.4) is 0 Å². The molecule has 0 amide bonds. The topological polar surface area (TPSA) is 213 Å². The monoisotopic (exact) mass is 1130 g/mol. The Hall–Kier alpha value is -4.98. The van der Waals surface area contributed by atoms with E-state index in [-0.39, 0.29) is 102 Å². The number of benzene rings is 5. The number of hydrogen-bond acceptors (Lipinski definition) is 10. The maximum Gasteiger partial charge on any atom is 1.00 e. The Morgan fingerprint density at radius 3 is 2.45 bits per heavy atom. The van der Waals surface area contributed by atoms with Crippen LogP contribution in [0.15, 0.2) is 126 Å². The Morgan fingerprint density at radius 1 is 0.866 bits per heavy atom. The fourth-order valence-corrected chi connectivity index (χ4v) is 18.2. The van der Waals surface area contributed by atoms with Gasteiger partial charge in [-0.05, 0) is 206 Å². The van der Waals surface area contributed by atoms with Crippen molar-refractivity contribution in [2.24, 2.45) is 57.9 Å². The summed E-state index contributed by atoms with van der Waals surface area (Å²) < 4.78 is 58.1. The second-order valence-electron chi connectivity index (χ2n) is 25.6. The molecule has 0 radical (unpaired) electrons. The molecule has 10 aliphatic rings. The maximum atomic E-state index is 14.4. The Kier molecular flexibility index (Phi) is 16.2. The fourth-order valence-electron chi connectivity index (χ4n) is 17.1. The van der Waals surface area contributed by atoms with E-state index in [1.54, 1.807) is 12.1 Å². The molecule has 1 saturated heterocycles. The van der Waals surface area contributed by atoms with Gasteiger partial charge in [0.25, 0.3) is 0 Å². The fraction of sp³-hybridized carbons (Fsp3) is 0.485. The van der Waals surface area contributed by atoms with E-state index in [0.717, 1.165) is 85.0 Å². The van der Waals surface area contributed by atoms with E-state index in [0.29, 0.717) is 61.8 Å². The number of guanidine groups is 1. The van der Waals surface area contributed by atoms with Crippen molar-refractivity contribution in [1.82, 2.24) is 5.32 Å². The standard InChI is InChI=1S/C68H78N4O8S.Na/c1-40-10-11-47-33-55-22-24-57(47)59(40)36-63(81(76,77)78)60-35-50-31-49(34-56-28-42(39-73)8-5-9-46-32-54(74)21-23-58(46)65(50)79-56)64(60)44-14-18-53(19-15-44)68(80-55,72-66(69)70)61-25-20-52-17-16-48(45-13-12-43-26-27-71-38-51(43)30-45)37-67(52,75)62(61)29-41-6-3-2-4-7-41;/h2-4,6-7,12-15,18-19,21-24,30,32-33,35,40,42,48-49,52,56,59-65,71,73-75H,8,10-11,16-17,20,25-29,31,34,36-39H2,1H3,(H4,69,70,72)(H,76,77,78);/q;+1/p-1. The Morgan fingerprint density at radius 2 is 1.66 bits per heavy atom. The van der Waals surface area contributed by atoms with Gasteiger partial charge in [-0.15, -0.1) is 0 Å². The number of aliphatic imine (C=N–C) groups is 1. The van der Waals surface area contributed by atoms with E-state index in [4.69, 9.17) is 25.9 Å². The molecular weight excluding hydrogens is 1060 g/mol. The minimum absolute atomic E-state index is 0. The van der Waals surface area contributed by atoms with E-state index in [1.165, 1.54) is 16.7 Å². The van der Waals surface area contributed by atoms with E-state index < -0.39 is 50.6 Å². The number of aliphatic hydroxyl groups excluding tert-OH is 1. The van der Waals surface area contributed by atoms with Gasteiger partial charge in [0.2, 0.25) is 5.72 Å². The van der Waals surface area contributed by atoms with Gasteiger partial charge in [-0.1, -0.05) is 110 Å². The molecule has 424 valence electrons. The number of fused-ring (bicyclic) bond motifs is 11. The van der Waals surface area contributed by atoms with Crippen molar-refractivity contribution < 1.29 is 67.3 Å². The summed E-state index contributed by atoms with van der Waals surface area (Å²) in [5, 5.41) is 37.8. The van der Waals surface area contributed by atoms with Crippen LogP contribution in [0.5, 0.6) is 11.5 Å². The molecule has 10 bridgehead atoms. The van der Waals surface area contributed by atoms with Crippen LogP contribution >= 0.6 is 0 Å². The number of nitrogens with two attached hydrogens (primary N) is 2. The van der Waals surface area contributed by atoms with Crippen molar-refractivity contribution >= 4 is 16.1 Å². The minimum atomic E-state index is -4.95. The van der Waals surface area contributed by atoms with Gasteiger partial charge in [-0.25, -0.2) is 13.4 Å². The van der Waals surface area contributed by atoms with Gasteiger partial charge in [0, 0.05) is 48.1 Å². The first-order valence-corrected chi connectivity index (χ1v) is 31.5. The van der Waals surface area contributed by atoms with Gasteiger partial charge in [-0.3, -0.25) is 0 Å². The number of aromatic hydroxyl groups is 1. The normalized spacial score (nSPS) is 33.7. The molecule has 15 rings (SSSR count). The molecular formula is C68H77N4NaO8S.